The number of hydrogen-bond donors (Lipinski definition) is 1. The Labute approximate surface area is 145 Å². The lowest BCUT2D eigenvalue weighted by atomic mass is 10.0. The molecule has 2 heterocycles. The molecule has 1 N–H and O–H groups in total. The van der Waals surface area contributed by atoms with Gasteiger partial charge in [-0.3, -0.25) is 15.4 Å². The highest BCUT2D eigenvalue weighted by molar-refractivity contribution is 5.96. The second-order valence-electron chi connectivity index (χ2n) is 5.06. The number of hydrogen-bond acceptors (Lipinski definition) is 6. The highest BCUT2D eigenvalue weighted by atomic mass is 16.6. The molecule has 0 amide bonds. The maximum Gasteiger partial charge on any atom is 0.252 e. The van der Waals surface area contributed by atoms with E-state index in [0.717, 1.165) is 11.1 Å². The van der Waals surface area contributed by atoms with E-state index in [4.69, 9.17) is 15.0 Å². The number of ether oxygens (including phenoxy) is 1. The number of rotatable bonds is 5. The Hall–Kier alpha value is -3.54. The van der Waals surface area contributed by atoms with E-state index in [-0.39, 0.29) is 5.90 Å². The number of benzene rings is 1. The van der Waals surface area contributed by atoms with Crippen molar-refractivity contribution in [2.45, 2.75) is 0 Å². The minimum absolute atomic E-state index is 0.111. The van der Waals surface area contributed by atoms with Crippen LogP contribution in [0.5, 0.6) is 5.75 Å². The average Bonchev–Trinajstić information content (AvgIpc) is 2.69. The van der Waals surface area contributed by atoms with Crippen molar-refractivity contribution >= 4 is 12.1 Å². The molecular formula is C19H16N4O2. The molecule has 0 atom stereocenters. The van der Waals surface area contributed by atoms with Gasteiger partial charge >= 0.3 is 0 Å². The maximum atomic E-state index is 8.15. The summed E-state index contributed by atoms with van der Waals surface area (Å²) in [6.07, 6.45) is 6.55. The first-order valence-electron chi connectivity index (χ1n) is 7.56. The van der Waals surface area contributed by atoms with Crippen molar-refractivity contribution in [1.29, 1.82) is 5.41 Å². The van der Waals surface area contributed by atoms with Crippen LogP contribution in [0.15, 0.2) is 72.3 Å². The molecule has 0 aliphatic carbocycles. The molecule has 0 saturated carbocycles. The first-order chi connectivity index (χ1) is 12.3. The molecular weight excluding hydrogens is 316 g/mol. The zero-order chi connectivity index (χ0) is 17.5. The third-order valence-electron chi connectivity index (χ3n) is 3.47. The fourth-order valence-corrected chi connectivity index (χ4v) is 2.24. The van der Waals surface area contributed by atoms with Gasteiger partial charge in [0.25, 0.3) is 5.90 Å². The van der Waals surface area contributed by atoms with Crippen molar-refractivity contribution in [2.24, 2.45) is 5.16 Å². The molecule has 0 spiro atoms. The van der Waals surface area contributed by atoms with Crippen LogP contribution < -0.4 is 4.74 Å². The van der Waals surface area contributed by atoms with E-state index in [0.29, 0.717) is 17.0 Å². The summed E-state index contributed by atoms with van der Waals surface area (Å²) in [5.41, 5.74) is 3.08. The number of nitrogens with one attached hydrogen (secondary N) is 1. The highest BCUT2D eigenvalue weighted by Crippen LogP contribution is 2.27. The molecule has 0 unspecified atom stereocenters. The summed E-state index contributed by atoms with van der Waals surface area (Å²) in [7, 11) is 1.55. The normalized spacial score (nSPS) is 10.6. The van der Waals surface area contributed by atoms with Gasteiger partial charge in [0.2, 0.25) is 0 Å². The Morgan fingerprint density at radius 3 is 2.60 bits per heavy atom. The molecule has 0 aliphatic heterocycles. The zero-order valence-corrected chi connectivity index (χ0v) is 13.6. The van der Waals surface area contributed by atoms with Crippen LogP contribution in [-0.2, 0) is 4.84 Å². The van der Waals surface area contributed by atoms with Crippen LogP contribution in [0.4, 0.5) is 0 Å². The third kappa shape index (κ3) is 4.06. The van der Waals surface area contributed by atoms with Gasteiger partial charge in [0.15, 0.2) is 0 Å². The van der Waals surface area contributed by atoms with Crippen molar-refractivity contribution in [3.63, 3.8) is 0 Å². The fraction of sp³-hybridized carbons (Fsp3) is 0.0526. The standard InChI is InChI=1S/C19H16N4O2/c1-24-18-6-5-15(14-7-10-21-11-8-14)12-17(18)19(20)25-23-13-16-4-2-3-9-22-16/h2-13,20H,1H3/b20-19?,23-13+. The molecule has 2 aromatic heterocycles. The van der Waals surface area contributed by atoms with Crippen LogP contribution in [0.2, 0.25) is 0 Å². The van der Waals surface area contributed by atoms with Gasteiger partial charge < -0.3 is 9.57 Å². The van der Waals surface area contributed by atoms with Crippen molar-refractivity contribution in [3.8, 4) is 16.9 Å². The van der Waals surface area contributed by atoms with Gasteiger partial charge in [-0.05, 0) is 47.5 Å². The second-order valence-corrected chi connectivity index (χ2v) is 5.06. The Bertz CT molecular complexity index is 880. The van der Waals surface area contributed by atoms with Crippen molar-refractivity contribution in [1.82, 2.24) is 9.97 Å². The largest absolute Gasteiger partial charge is 0.496 e. The zero-order valence-electron chi connectivity index (χ0n) is 13.6. The van der Waals surface area contributed by atoms with Gasteiger partial charge in [0, 0.05) is 18.6 Å². The Balaban J connectivity index is 1.82. The molecule has 0 radical (unpaired) electrons. The molecule has 0 aliphatic rings. The number of methoxy groups -OCH3 is 1. The van der Waals surface area contributed by atoms with Gasteiger partial charge in [0.05, 0.1) is 24.6 Å². The van der Waals surface area contributed by atoms with E-state index in [1.165, 1.54) is 6.21 Å². The summed E-state index contributed by atoms with van der Waals surface area (Å²) in [5.74, 6) is 0.427. The van der Waals surface area contributed by atoms with E-state index in [9.17, 15) is 0 Å². The average molecular weight is 332 g/mol. The number of pyridine rings is 2. The molecule has 6 nitrogen and oxygen atoms in total. The fourth-order valence-electron chi connectivity index (χ4n) is 2.24. The van der Waals surface area contributed by atoms with Crippen LogP contribution in [0, 0.1) is 5.41 Å². The first kappa shape index (κ1) is 16.3. The van der Waals surface area contributed by atoms with Crippen LogP contribution in [0.1, 0.15) is 11.3 Å². The minimum Gasteiger partial charge on any atom is -0.496 e. The van der Waals surface area contributed by atoms with E-state index >= 15 is 0 Å². The van der Waals surface area contributed by atoms with Crippen molar-refractivity contribution in [3.05, 3.63) is 78.4 Å². The molecule has 3 aromatic rings. The molecule has 124 valence electrons. The van der Waals surface area contributed by atoms with Crippen molar-refractivity contribution < 1.29 is 9.57 Å². The van der Waals surface area contributed by atoms with Gasteiger partial charge in [-0.1, -0.05) is 17.3 Å². The van der Waals surface area contributed by atoms with Crippen LogP contribution >= 0.6 is 0 Å². The number of aromatic nitrogens is 2. The van der Waals surface area contributed by atoms with E-state index in [1.807, 2.05) is 36.4 Å². The predicted molar refractivity (Wildman–Crippen MR) is 96.0 cm³/mol. The van der Waals surface area contributed by atoms with Gasteiger partial charge in [0.1, 0.15) is 5.75 Å². The molecule has 6 heteroatoms. The van der Waals surface area contributed by atoms with Crippen LogP contribution in [0.25, 0.3) is 11.1 Å². The molecule has 1 aromatic carbocycles. The quantitative estimate of drug-likeness (QED) is 0.440. The van der Waals surface area contributed by atoms with E-state index in [1.54, 1.807) is 37.8 Å². The predicted octanol–water partition coefficient (Wildman–Crippen LogP) is 3.53. The van der Waals surface area contributed by atoms with E-state index in [2.05, 4.69) is 15.1 Å². The smallest absolute Gasteiger partial charge is 0.252 e. The molecule has 0 bridgehead atoms. The lowest BCUT2D eigenvalue weighted by Crippen LogP contribution is -2.04. The molecule has 0 saturated heterocycles. The van der Waals surface area contributed by atoms with Crippen LogP contribution in [0.3, 0.4) is 0 Å². The Morgan fingerprint density at radius 2 is 1.88 bits per heavy atom. The summed E-state index contributed by atoms with van der Waals surface area (Å²) in [6, 6.07) is 14.8. The van der Waals surface area contributed by atoms with Gasteiger partial charge in [-0.25, -0.2) is 0 Å². The summed E-state index contributed by atoms with van der Waals surface area (Å²) >= 11 is 0. The summed E-state index contributed by atoms with van der Waals surface area (Å²) < 4.78 is 5.32. The summed E-state index contributed by atoms with van der Waals surface area (Å²) in [4.78, 5) is 13.3. The Kier molecular flexibility index (Phi) is 5.11. The summed E-state index contributed by atoms with van der Waals surface area (Å²) in [6.45, 7) is 0. The topological polar surface area (TPSA) is 80.5 Å². The highest BCUT2D eigenvalue weighted by Gasteiger charge is 2.12. The van der Waals surface area contributed by atoms with Crippen molar-refractivity contribution in [2.75, 3.05) is 7.11 Å². The lowest BCUT2D eigenvalue weighted by Gasteiger charge is -2.10. The number of nitrogens with zero attached hydrogens (tertiary/aromatic N) is 3. The first-order valence-corrected chi connectivity index (χ1v) is 7.56. The third-order valence-corrected chi connectivity index (χ3v) is 3.47. The lowest BCUT2D eigenvalue weighted by molar-refractivity contribution is 0.326. The SMILES string of the molecule is COc1ccc(-c2ccncc2)cc1C(=N)O/N=C/c1ccccn1. The van der Waals surface area contributed by atoms with Gasteiger partial charge in [-0.2, -0.15) is 0 Å². The second kappa shape index (κ2) is 7.83. The monoisotopic (exact) mass is 332 g/mol. The Morgan fingerprint density at radius 1 is 1.04 bits per heavy atom. The number of oxime groups is 1. The minimum atomic E-state index is -0.111. The molecule has 0 fully saturated rings. The van der Waals surface area contributed by atoms with Gasteiger partial charge in [-0.15, -0.1) is 0 Å². The van der Waals surface area contributed by atoms with E-state index < -0.39 is 0 Å². The summed E-state index contributed by atoms with van der Waals surface area (Å²) in [5, 5.41) is 12.0. The molecule has 25 heavy (non-hydrogen) atoms. The molecule has 3 rings (SSSR count). The maximum absolute atomic E-state index is 8.15. The van der Waals surface area contributed by atoms with Crippen LogP contribution in [-0.4, -0.2) is 29.2 Å².